The number of rotatable bonds is 2. The largest absolute Gasteiger partial charge is 0.497 e. The molecule has 4 heteroatoms. The normalized spacial score (nSPS) is 35.2. The number of likely N-dealkylation sites (N-methyl/N-ethyl adjacent to an activating group) is 1. The average Bonchev–Trinajstić information content (AvgIpc) is 3.03. The van der Waals surface area contributed by atoms with E-state index in [-0.39, 0.29) is 5.92 Å². The van der Waals surface area contributed by atoms with Gasteiger partial charge in [-0.05, 0) is 67.3 Å². The van der Waals surface area contributed by atoms with Crippen molar-refractivity contribution in [1.82, 2.24) is 4.90 Å². The number of fused-ring (bicyclic) bond motifs is 6. The molecule has 0 amide bonds. The number of nitrogens with zero attached hydrogens (tertiary/aromatic N) is 1. The van der Waals surface area contributed by atoms with Crippen LogP contribution in [0.4, 0.5) is 0 Å². The summed E-state index contributed by atoms with van der Waals surface area (Å²) < 4.78 is 5.31. The Balaban J connectivity index is 1.70. The van der Waals surface area contributed by atoms with Crippen LogP contribution in [0.2, 0.25) is 5.02 Å². The summed E-state index contributed by atoms with van der Waals surface area (Å²) in [5, 5.41) is 12.8. The molecule has 0 radical (unpaired) electrons. The van der Waals surface area contributed by atoms with E-state index in [1.54, 1.807) is 7.11 Å². The van der Waals surface area contributed by atoms with Crippen molar-refractivity contribution in [3.8, 4) is 5.75 Å². The van der Waals surface area contributed by atoms with E-state index in [9.17, 15) is 5.11 Å². The Morgan fingerprint density at radius 2 is 1.92 bits per heavy atom. The second kappa shape index (κ2) is 5.72. The van der Waals surface area contributed by atoms with Gasteiger partial charge in [-0.1, -0.05) is 29.8 Å². The number of methoxy groups -OCH3 is 1. The van der Waals surface area contributed by atoms with Crippen molar-refractivity contribution in [2.45, 2.75) is 42.9 Å². The molecule has 0 spiro atoms. The van der Waals surface area contributed by atoms with Crippen LogP contribution >= 0.6 is 11.6 Å². The van der Waals surface area contributed by atoms with E-state index in [4.69, 9.17) is 16.3 Å². The highest BCUT2D eigenvalue weighted by atomic mass is 35.5. The summed E-state index contributed by atoms with van der Waals surface area (Å²) in [6, 6.07) is 15.1. The molecule has 1 N–H and O–H groups in total. The van der Waals surface area contributed by atoms with Crippen LogP contribution in [0.3, 0.4) is 0 Å². The fourth-order valence-corrected chi connectivity index (χ4v) is 6.06. The summed E-state index contributed by atoms with van der Waals surface area (Å²) >= 11 is 6.35. The molecule has 5 atom stereocenters. The topological polar surface area (TPSA) is 32.7 Å². The summed E-state index contributed by atoms with van der Waals surface area (Å²) in [7, 11) is 3.91. The van der Waals surface area contributed by atoms with Gasteiger partial charge in [0.25, 0.3) is 0 Å². The second-order valence-corrected chi connectivity index (χ2v) is 8.49. The molecule has 2 aliphatic heterocycles. The van der Waals surface area contributed by atoms with Crippen molar-refractivity contribution < 1.29 is 9.84 Å². The van der Waals surface area contributed by atoms with Gasteiger partial charge in [0, 0.05) is 28.9 Å². The summed E-state index contributed by atoms with van der Waals surface area (Å²) in [5.74, 6) is 1.36. The van der Waals surface area contributed by atoms with E-state index in [1.807, 2.05) is 36.4 Å². The predicted molar refractivity (Wildman–Crippen MR) is 103 cm³/mol. The highest BCUT2D eigenvalue weighted by Crippen LogP contribution is 2.61. The Hall–Kier alpha value is -1.55. The zero-order valence-corrected chi connectivity index (χ0v) is 15.9. The van der Waals surface area contributed by atoms with E-state index < -0.39 is 5.60 Å². The van der Waals surface area contributed by atoms with E-state index in [1.165, 1.54) is 18.4 Å². The lowest BCUT2D eigenvalue weighted by atomic mass is 9.72. The van der Waals surface area contributed by atoms with Gasteiger partial charge in [-0.3, -0.25) is 4.90 Å². The van der Waals surface area contributed by atoms with Crippen LogP contribution in [-0.2, 0) is 5.60 Å². The van der Waals surface area contributed by atoms with Gasteiger partial charge in [0.05, 0.1) is 7.11 Å². The standard InChI is InChI=1S/C22H24ClNO2/c1-24-15-6-10-20(24)21-17-9-5-14(23)11-18(17)22(25,19(21)12-15)13-3-7-16(26-2)8-4-13/h3-5,7-9,11,15,19-21,25H,6,10,12H2,1-2H3. The molecule has 136 valence electrons. The quantitative estimate of drug-likeness (QED) is 0.862. The molecule has 2 bridgehead atoms. The van der Waals surface area contributed by atoms with Crippen LogP contribution in [0.5, 0.6) is 5.75 Å². The van der Waals surface area contributed by atoms with Crippen molar-refractivity contribution in [3.05, 3.63) is 64.2 Å². The van der Waals surface area contributed by atoms with Gasteiger partial charge in [-0.15, -0.1) is 0 Å². The highest BCUT2D eigenvalue weighted by Gasteiger charge is 2.59. The molecule has 2 fully saturated rings. The van der Waals surface area contributed by atoms with Gasteiger partial charge in [0.2, 0.25) is 0 Å². The predicted octanol–water partition coefficient (Wildman–Crippen LogP) is 4.16. The molecule has 2 saturated heterocycles. The zero-order valence-electron chi connectivity index (χ0n) is 15.2. The summed E-state index contributed by atoms with van der Waals surface area (Å²) in [6.45, 7) is 0. The third-order valence-corrected chi connectivity index (χ3v) is 7.36. The lowest BCUT2D eigenvalue weighted by molar-refractivity contribution is -0.0243. The third-order valence-electron chi connectivity index (χ3n) is 7.12. The Bertz CT molecular complexity index is 852. The third kappa shape index (κ3) is 2.08. The molecule has 5 rings (SSSR count). The van der Waals surface area contributed by atoms with Crippen molar-refractivity contribution >= 4 is 11.6 Å². The summed E-state index contributed by atoms with van der Waals surface area (Å²) in [4.78, 5) is 2.54. The van der Waals surface area contributed by atoms with Crippen LogP contribution in [0.15, 0.2) is 42.5 Å². The highest BCUT2D eigenvalue weighted by molar-refractivity contribution is 6.30. The summed E-state index contributed by atoms with van der Waals surface area (Å²) in [5.41, 5.74) is 2.22. The number of ether oxygens (including phenoxy) is 1. The van der Waals surface area contributed by atoms with Crippen LogP contribution in [0, 0.1) is 5.92 Å². The minimum Gasteiger partial charge on any atom is -0.497 e. The molecule has 1 aliphatic carbocycles. The first kappa shape index (κ1) is 16.6. The van der Waals surface area contributed by atoms with Crippen molar-refractivity contribution in [1.29, 1.82) is 0 Å². The monoisotopic (exact) mass is 369 g/mol. The SMILES string of the molecule is COc1ccc(C2(O)c3cc(Cl)ccc3C3C4CCC(CC32)N4C)cc1. The van der Waals surface area contributed by atoms with E-state index in [0.29, 0.717) is 23.0 Å². The van der Waals surface area contributed by atoms with Gasteiger partial charge in [-0.25, -0.2) is 0 Å². The minimum atomic E-state index is -0.987. The first-order valence-electron chi connectivity index (χ1n) is 9.42. The number of halogens is 1. The summed E-state index contributed by atoms with van der Waals surface area (Å²) in [6.07, 6.45) is 3.46. The molecule has 3 nitrogen and oxygen atoms in total. The molecule has 0 saturated carbocycles. The first-order chi connectivity index (χ1) is 12.5. The Morgan fingerprint density at radius 1 is 1.15 bits per heavy atom. The van der Waals surface area contributed by atoms with Crippen LogP contribution in [-0.4, -0.2) is 36.2 Å². The number of piperidine rings is 1. The molecule has 2 heterocycles. The molecule has 2 aromatic rings. The lowest BCUT2D eigenvalue weighted by Gasteiger charge is -2.44. The number of hydrogen-bond donors (Lipinski definition) is 1. The number of aliphatic hydroxyl groups is 1. The van der Waals surface area contributed by atoms with E-state index in [2.05, 4.69) is 18.0 Å². The smallest absolute Gasteiger partial charge is 0.118 e. The molecule has 3 aliphatic rings. The van der Waals surface area contributed by atoms with E-state index >= 15 is 0 Å². The average molecular weight is 370 g/mol. The molecule has 26 heavy (non-hydrogen) atoms. The molecule has 5 unspecified atom stereocenters. The number of benzene rings is 2. The Labute approximate surface area is 159 Å². The van der Waals surface area contributed by atoms with E-state index in [0.717, 1.165) is 23.3 Å². The molecular formula is C22H24ClNO2. The maximum atomic E-state index is 12.1. The Kier molecular flexibility index (Phi) is 3.66. The fourth-order valence-electron chi connectivity index (χ4n) is 5.88. The maximum Gasteiger partial charge on any atom is 0.118 e. The fraction of sp³-hybridized carbons (Fsp3) is 0.455. The first-order valence-corrected chi connectivity index (χ1v) is 9.80. The van der Waals surface area contributed by atoms with Crippen LogP contribution in [0.25, 0.3) is 0 Å². The van der Waals surface area contributed by atoms with Crippen LogP contribution in [0.1, 0.15) is 41.9 Å². The minimum absolute atomic E-state index is 0.193. The Morgan fingerprint density at radius 3 is 2.65 bits per heavy atom. The van der Waals surface area contributed by atoms with Crippen molar-refractivity contribution in [2.24, 2.45) is 5.92 Å². The van der Waals surface area contributed by atoms with Crippen LogP contribution < -0.4 is 4.74 Å². The van der Waals surface area contributed by atoms with Gasteiger partial charge in [-0.2, -0.15) is 0 Å². The van der Waals surface area contributed by atoms with Gasteiger partial charge < -0.3 is 9.84 Å². The van der Waals surface area contributed by atoms with Crippen molar-refractivity contribution in [2.75, 3.05) is 14.2 Å². The molecule has 2 aromatic carbocycles. The van der Waals surface area contributed by atoms with Crippen molar-refractivity contribution in [3.63, 3.8) is 0 Å². The zero-order chi connectivity index (χ0) is 18.1. The molecular weight excluding hydrogens is 346 g/mol. The van der Waals surface area contributed by atoms with Gasteiger partial charge >= 0.3 is 0 Å². The maximum absolute atomic E-state index is 12.1. The van der Waals surface area contributed by atoms with Gasteiger partial charge in [0.1, 0.15) is 11.4 Å². The second-order valence-electron chi connectivity index (χ2n) is 8.06. The lowest BCUT2D eigenvalue weighted by Crippen LogP contribution is -2.48. The number of hydrogen-bond acceptors (Lipinski definition) is 3. The molecule has 0 aromatic heterocycles. The van der Waals surface area contributed by atoms with Gasteiger partial charge in [0.15, 0.2) is 0 Å².